The monoisotopic (exact) mass is 283 g/mol. The first-order valence-corrected chi connectivity index (χ1v) is 7.44. The van der Waals surface area contributed by atoms with Crippen molar-refractivity contribution in [3.8, 4) is 0 Å². The quantitative estimate of drug-likeness (QED) is 0.589. The summed E-state index contributed by atoms with van der Waals surface area (Å²) in [6.45, 7) is 8.00. The molecule has 0 spiro atoms. The summed E-state index contributed by atoms with van der Waals surface area (Å²) in [5.74, 6) is -0.00553. The van der Waals surface area contributed by atoms with Crippen LogP contribution in [0.3, 0.4) is 0 Å². The van der Waals surface area contributed by atoms with E-state index in [-0.39, 0.29) is 5.78 Å². The molecule has 0 aliphatic rings. The Labute approximate surface area is 128 Å². The Morgan fingerprint density at radius 1 is 0.810 bits per heavy atom. The molecule has 0 atom stereocenters. The maximum Gasteiger partial charge on any atom is 0.187 e. The van der Waals surface area contributed by atoms with Gasteiger partial charge in [0.05, 0.1) is 0 Å². The topological polar surface area (TPSA) is 29.1 Å². The van der Waals surface area contributed by atoms with Gasteiger partial charge in [-0.25, -0.2) is 0 Å². The maximum atomic E-state index is 11.7. The Morgan fingerprint density at radius 3 is 1.81 bits per heavy atom. The van der Waals surface area contributed by atoms with Crippen LogP contribution >= 0.6 is 0 Å². The zero-order valence-corrected chi connectivity index (χ0v) is 13.3. The second-order valence-corrected chi connectivity index (χ2v) is 3.57. The Hall–Kier alpha value is -2.35. The zero-order valence-electron chi connectivity index (χ0n) is 13.3. The molecule has 1 N–H and O–H groups in total. The lowest BCUT2D eigenvalue weighted by Gasteiger charge is -1.98. The third kappa shape index (κ3) is 7.73. The lowest BCUT2D eigenvalue weighted by Crippen LogP contribution is -1.95. The molecule has 0 amide bonds. The van der Waals surface area contributed by atoms with E-state index in [0.717, 1.165) is 5.69 Å². The van der Waals surface area contributed by atoms with Crippen LogP contribution in [0.2, 0.25) is 0 Å². The number of allylic oxidation sites excluding steroid dienone is 1. The Balaban J connectivity index is 0.000000921. The van der Waals surface area contributed by atoms with Crippen molar-refractivity contribution in [2.24, 2.45) is 0 Å². The molecule has 2 nitrogen and oxygen atoms in total. The van der Waals surface area contributed by atoms with Gasteiger partial charge in [0.2, 0.25) is 0 Å². The fourth-order valence-electron chi connectivity index (χ4n) is 1.45. The van der Waals surface area contributed by atoms with Crippen molar-refractivity contribution in [1.82, 2.24) is 0 Å². The highest BCUT2D eigenvalue weighted by atomic mass is 16.1. The molecule has 2 heteroatoms. The minimum atomic E-state index is -0.00553. The summed E-state index contributed by atoms with van der Waals surface area (Å²) in [5.41, 5.74) is 1.66. The van der Waals surface area contributed by atoms with Gasteiger partial charge >= 0.3 is 0 Å². The minimum Gasteiger partial charge on any atom is -0.362 e. The Kier molecular flexibility index (Phi) is 11.3. The predicted molar refractivity (Wildman–Crippen MR) is 92.7 cm³/mol. The average molecular weight is 283 g/mol. The highest BCUT2D eigenvalue weighted by Gasteiger charge is 1.98. The summed E-state index contributed by atoms with van der Waals surface area (Å²) in [5, 5.41) is 3.04. The van der Waals surface area contributed by atoms with Gasteiger partial charge in [-0.2, -0.15) is 0 Å². The molecule has 2 aromatic rings. The molecular weight excluding hydrogens is 258 g/mol. The van der Waals surface area contributed by atoms with Gasteiger partial charge < -0.3 is 5.32 Å². The average Bonchev–Trinajstić information content (AvgIpc) is 2.60. The van der Waals surface area contributed by atoms with E-state index in [1.54, 1.807) is 18.3 Å². The van der Waals surface area contributed by atoms with E-state index in [4.69, 9.17) is 0 Å². The summed E-state index contributed by atoms with van der Waals surface area (Å²) in [6, 6.07) is 18.9. The van der Waals surface area contributed by atoms with Crippen LogP contribution in [0.5, 0.6) is 0 Å². The zero-order chi connectivity index (χ0) is 15.9. The third-order valence-electron chi connectivity index (χ3n) is 2.32. The van der Waals surface area contributed by atoms with Crippen molar-refractivity contribution in [2.45, 2.75) is 27.7 Å². The molecule has 0 fully saturated rings. The van der Waals surface area contributed by atoms with E-state index in [1.165, 1.54) is 6.08 Å². The number of rotatable bonds is 4. The van der Waals surface area contributed by atoms with Gasteiger partial charge in [0.1, 0.15) is 0 Å². The third-order valence-corrected chi connectivity index (χ3v) is 2.32. The molecule has 0 bridgehead atoms. The first kappa shape index (κ1) is 18.6. The van der Waals surface area contributed by atoms with Crippen LogP contribution in [0, 0.1) is 0 Å². The number of carbonyl (C=O) groups excluding carboxylic acids is 1. The van der Waals surface area contributed by atoms with E-state index in [0.29, 0.717) is 5.56 Å². The van der Waals surface area contributed by atoms with Crippen LogP contribution in [-0.2, 0) is 0 Å². The van der Waals surface area contributed by atoms with Gasteiger partial charge in [-0.15, -0.1) is 0 Å². The molecule has 0 aliphatic heterocycles. The van der Waals surface area contributed by atoms with Gasteiger partial charge in [0.25, 0.3) is 0 Å². The molecule has 0 aromatic heterocycles. The summed E-state index contributed by atoms with van der Waals surface area (Å²) >= 11 is 0. The molecule has 2 rings (SSSR count). The van der Waals surface area contributed by atoms with Crippen LogP contribution in [-0.4, -0.2) is 5.78 Å². The van der Waals surface area contributed by atoms with Crippen molar-refractivity contribution in [1.29, 1.82) is 0 Å². The normalized spacial score (nSPS) is 8.95. The first-order valence-electron chi connectivity index (χ1n) is 7.44. The summed E-state index contributed by atoms with van der Waals surface area (Å²) in [7, 11) is 0. The molecule has 0 saturated heterocycles. The van der Waals surface area contributed by atoms with Gasteiger partial charge in [-0.3, -0.25) is 4.79 Å². The molecule has 0 heterocycles. The van der Waals surface area contributed by atoms with Crippen molar-refractivity contribution < 1.29 is 4.79 Å². The predicted octanol–water partition coefficient (Wildman–Crippen LogP) is 5.55. The maximum absolute atomic E-state index is 11.7. The van der Waals surface area contributed by atoms with Crippen molar-refractivity contribution >= 4 is 11.5 Å². The fourth-order valence-corrected chi connectivity index (χ4v) is 1.45. The fraction of sp³-hybridized carbons (Fsp3) is 0.211. The standard InChI is InChI=1S/C15H13NO.2C2H6/c17-15(13-7-3-1-4-8-13)11-12-16-14-9-5-2-6-10-14;2*1-2/h1-12,16H;2*1-2H3/b12-11+;;. The number of anilines is 1. The number of ketones is 1. The van der Waals surface area contributed by atoms with Crippen LogP contribution < -0.4 is 5.32 Å². The highest BCUT2D eigenvalue weighted by Crippen LogP contribution is 2.05. The number of benzene rings is 2. The summed E-state index contributed by atoms with van der Waals surface area (Å²) in [6.07, 6.45) is 3.19. The van der Waals surface area contributed by atoms with E-state index in [2.05, 4.69) is 5.32 Å². The molecule has 2 aromatic carbocycles. The van der Waals surface area contributed by atoms with E-state index in [1.807, 2.05) is 76.2 Å². The highest BCUT2D eigenvalue weighted by molar-refractivity contribution is 6.04. The van der Waals surface area contributed by atoms with E-state index in [9.17, 15) is 4.79 Å². The Bertz CT molecular complexity index is 504. The number of hydrogen-bond acceptors (Lipinski definition) is 2. The lowest BCUT2D eigenvalue weighted by atomic mass is 10.1. The van der Waals surface area contributed by atoms with Gasteiger partial charge in [0, 0.05) is 23.5 Å². The van der Waals surface area contributed by atoms with Crippen molar-refractivity contribution in [2.75, 3.05) is 5.32 Å². The van der Waals surface area contributed by atoms with Crippen LogP contribution in [0.25, 0.3) is 0 Å². The smallest absolute Gasteiger partial charge is 0.187 e. The SMILES string of the molecule is CC.CC.O=C(/C=C/Nc1ccccc1)c1ccccc1. The molecule has 0 radical (unpaired) electrons. The second-order valence-electron chi connectivity index (χ2n) is 3.57. The number of carbonyl (C=O) groups is 1. The Morgan fingerprint density at radius 2 is 1.29 bits per heavy atom. The van der Waals surface area contributed by atoms with Crippen LogP contribution in [0.1, 0.15) is 38.1 Å². The second kappa shape index (κ2) is 12.7. The van der Waals surface area contributed by atoms with Crippen LogP contribution in [0.15, 0.2) is 72.9 Å². The molecule has 0 unspecified atom stereocenters. The number of para-hydroxylation sites is 1. The van der Waals surface area contributed by atoms with Gasteiger partial charge in [0.15, 0.2) is 5.78 Å². The van der Waals surface area contributed by atoms with Crippen LogP contribution in [0.4, 0.5) is 5.69 Å². The number of nitrogens with one attached hydrogen (secondary N) is 1. The van der Waals surface area contributed by atoms with E-state index >= 15 is 0 Å². The minimum absolute atomic E-state index is 0.00553. The van der Waals surface area contributed by atoms with E-state index < -0.39 is 0 Å². The number of hydrogen-bond donors (Lipinski definition) is 1. The summed E-state index contributed by atoms with van der Waals surface area (Å²) in [4.78, 5) is 11.7. The largest absolute Gasteiger partial charge is 0.362 e. The van der Waals surface area contributed by atoms with Crippen molar-refractivity contribution in [3.63, 3.8) is 0 Å². The molecule has 0 saturated carbocycles. The lowest BCUT2D eigenvalue weighted by molar-refractivity contribution is 0.104. The molecule has 0 aliphatic carbocycles. The first-order chi connectivity index (χ1) is 10.4. The summed E-state index contributed by atoms with van der Waals surface area (Å²) < 4.78 is 0. The van der Waals surface area contributed by atoms with Crippen molar-refractivity contribution in [3.05, 3.63) is 78.5 Å². The van der Waals surface area contributed by atoms with Gasteiger partial charge in [-0.1, -0.05) is 76.2 Å². The molecule has 21 heavy (non-hydrogen) atoms. The van der Waals surface area contributed by atoms with Gasteiger partial charge in [-0.05, 0) is 12.1 Å². The molecular formula is C19H25NO. The molecule has 112 valence electrons.